The molecule has 1 aromatic carbocycles. The van der Waals surface area contributed by atoms with E-state index in [1.165, 1.54) is 0 Å². The Bertz CT molecular complexity index is 390. The van der Waals surface area contributed by atoms with E-state index in [1.54, 1.807) is 0 Å². The smallest absolute Gasteiger partial charge is 0.374 e. The van der Waals surface area contributed by atoms with Gasteiger partial charge in [-0.1, -0.05) is 0 Å². The van der Waals surface area contributed by atoms with Crippen LogP contribution in [0.3, 0.4) is 0 Å². The fraction of sp³-hybridized carbons (Fsp3) is 0.222. The van der Waals surface area contributed by atoms with Crippen molar-refractivity contribution in [3.05, 3.63) is 29.6 Å². The highest BCUT2D eigenvalue weighted by atomic mass is 19.3. The summed E-state index contributed by atoms with van der Waals surface area (Å²) in [6.07, 6.45) is -1.24. The van der Waals surface area contributed by atoms with E-state index in [-0.39, 0.29) is 0 Å². The third-order valence-electron chi connectivity index (χ3n) is 1.77. The topological polar surface area (TPSA) is 57.5 Å². The summed E-state index contributed by atoms with van der Waals surface area (Å²) in [5.74, 6) is -7.71. The number of aromatic hydroxyl groups is 1. The molecule has 2 N–H and O–H groups in total. The summed E-state index contributed by atoms with van der Waals surface area (Å²) in [4.78, 5) is 10.1. The van der Waals surface area contributed by atoms with Gasteiger partial charge < -0.3 is 10.2 Å². The lowest BCUT2D eigenvalue weighted by Gasteiger charge is -2.11. The van der Waals surface area contributed by atoms with Gasteiger partial charge in [0, 0.05) is 5.56 Å². The first-order valence-corrected chi connectivity index (χ1v) is 3.91. The number of carboxylic acid groups (broad SMARTS) is 1. The summed E-state index contributed by atoms with van der Waals surface area (Å²) in [6.45, 7) is 0. The highest BCUT2D eigenvalue weighted by Gasteiger charge is 2.39. The Hall–Kier alpha value is -1.72. The molecule has 0 aliphatic rings. The van der Waals surface area contributed by atoms with Crippen molar-refractivity contribution in [2.24, 2.45) is 0 Å². The van der Waals surface area contributed by atoms with E-state index in [0.29, 0.717) is 6.07 Å². The van der Waals surface area contributed by atoms with Gasteiger partial charge in [0.05, 0.1) is 6.42 Å². The van der Waals surface area contributed by atoms with Crippen LogP contribution in [0.25, 0.3) is 0 Å². The van der Waals surface area contributed by atoms with Crippen LogP contribution in [-0.4, -0.2) is 22.1 Å². The zero-order valence-corrected chi connectivity index (χ0v) is 7.38. The molecule has 0 heterocycles. The van der Waals surface area contributed by atoms with Crippen LogP contribution in [0.1, 0.15) is 5.56 Å². The lowest BCUT2D eigenvalue weighted by molar-refractivity contribution is -0.164. The zero-order chi connectivity index (χ0) is 11.6. The van der Waals surface area contributed by atoms with Crippen LogP contribution >= 0.6 is 0 Å². The van der Waals surface area contributed by atoms with E-state index in [0.717, 1.165) is 12.1 Å². The van der Waals surface area contributed by atoms with Gasteiger partial charge in [-0.3, -0.25) is 0 Å². The molecule has 1 aromatic rings. The standard InChI is InChI=1S/C9H7F3O3/c10-6-1-2-7(13)5(3-6)4-9(11,12)8(14)15/h1-3,13H,4H2,(H,14,15). The lowest BCUT2D eigenvalue weighted by atomic mass is 10.1. The predicted octanol–water partition coefficient (Wildman–Crippen LogP) is 1.79. The maximum absolute atomic E-state index is 12.7. The van der Waals surface area contributed by atoms with Crippen molar-refractivity contribution in [1.82, 2.24) is 0 Å². The summed E-state index contributed by atoms with van der Waals surface area (Å²) in [6, 6.07) is 2.45. The Morgan fingerprint density at radius 2 is 2.00 bits per heavy atom. The molecule has 0 saturated heterocycles. The third kappa shape index (κ3) is 2.61. The van der Waals surface area contributed by atoms with E-state index in [2.05, 4.69) is 0 Å². The normalized spacial score (nSPS) is 11.4. The van der Waals surface area contributed by atoms with Crippen molar-refractivity contribution >= 4 is 5.97 Å². The fourth-order valence-corrected chi connectivity index (χ4v) is 1.01. The van der Waals surface area contributed by atoms with Crippen LogP contribution in [0.5, 0.6) is 5.75 Å². The average molecular weight is 220 g/mol. The van der Waals surface area contributed by atoms with E-state index in [4.69, 9.17) is 10.2 Å². The number of carbonyl (C=O) groups is 1. The number of benzene rings is 1. The molecule has 0 aromatic heterocycles. The summed E-state index contributed by atoms with van der Waals surface area (Å²) >= 11 is 0. The maximum Gasteiger partial charge on any atom is 0.374 e. The second-order valence-corrected chi connectivity index (χ2v) is 2.96. The monoisotopic (exact) mass is 220 g/mol. The SMILES string of the molecule is O=C(O)C(F)(F)Cc1cc(F)ccc1O. The molecule has 0 amide bonds. The number of phenols is 1. The molecule has 0 fully saturated rings. The molecular formula is C9H7F3O3. The number of phenolic OH excluding ortho intramolecular Hbond substituents is 1. The predicted molar refractivity (Wildman–Crippen MR) is 44.4 cm³/mol. The molecule has 0 aliphatic heterocycles. The zero-order valence-electron chi connectivity index (χ0n) is 7.38. The van der Waals surface area contributed by atoms with Gasteiger partial charge in [-0.15, -0.1) is 0 Å². The van der Waals surface area contributed by atoms with Crippen molar-refractivity contribution in [3.8, 4) is 5.75 Å². The second-order valence-electron chi connectivity index (χ2n) is 2.96. The number of hydrogen-bond donors (Lipinski definition) is 2. The minimum Gasteiger partial charge on any atom is -0.508 e. The summed E-state index contributed by atoms with van der Waals surface area (Å²) < 4.78 is 38.0. The largest absolute Gasteiger partial charge is 0.508 e. The van der Waals surface area contributed by atoms with E-state index in [1.807, 2.05) is 0 Å². The number of alkyl halides is 2. The minimum absolute atomic E-state index is 0.442. The fourth-order valence-electron chi connectivity index (χ4n) is 1.01. The van der Waals surface area contributed by atoms with Gasteiger partial charge in [0.2, 0.25) is 0 Å². The van der Waals surface area contributed by atoms with Gasteiger partial charge >= 0.3 is 11.9 Å². The van der Waals surface area contributed by atoms with Gasteiger partial charge in [0.15, 0.2) is 0 Å². The molecule has 82 valence electrons. The van der Waals surface area contributed by atoms with E-state index < -0.39 is 35.4 Å². The summed E-state index contributed by atoms with van der Waals surface area (Å²) in [5, 5.41) is 17.2. The number of carboxylic acids is 1. The van der Waals surface area contributed by atoms with Crippen molar-refractivity contribution < 1.29 is 28.2 Å². The first-order valence-electron chi connectivity index (χ1n) is 3.91. The molecule has 3 nitrogen and oxygen atoms in total. The Balaban J connectivity index is 2.99. The third-order valence-corrected chi connectivity index (χ3v) is 1.77. The maximum atomic E-state index is 12.7. The molecule has 15 heavy (non-hydrogen) atoms. The Labute approximate surface area is 82.8 Å². The van der Waals surface area contributed by atoms with Crippen molar-refractivity contribution in [1.29, 1.82) is 0 Å². The number of rotatable bonds is 3. The minimum atomic E-state index is -4.02. The Morgan fingerprint density at radius 1 is 1.40 bits per heavy atom. The van der Waals surface area contributed by atoms with Gasteiger partial charge in [0.25, 0.3) is 0 Å². The van der Waals surface area contributed by atoms with Crippen LogP contribution in [0, 0.1) is 5.82 Å². The van der Waals surface area contributed by atoms with Crippen LogP contribution in [0.4, 0.5) is 13.2 Å². The summed E-state index contributed by atoms with van der Waals surface area (Å²) in [5.41, 5.74) is -0.442. The molecule has 0 saturated carbocycles. The van der Waals surface area contributed by atoms with Gasteiger partial charge in [-0.25, -0.2) is 9.18 Å². The number of aliphatic carboxylic acids is 1. The van der Waals surface area contributed by atoms with E-state index >= 15 is 0 Å². The highest BCUT2D eigenvalue weighted by Crippen LogP contribution is 2.26. The number of halogens is 3. The molecule has 0 atom stereocenters. The lowest BCUT2D eigenvalue weighted by Crippen LogP contribution is -2.30. The van der Waals surface area contributed by atoms with Crippen LogP contribution in [0.2, 0.25) is 0 Å². The first kappa shape index (κ1) is 11.4. The van der Waals surface area contributed by atoms with Crippen LogP contribution in [-0.2, 0) is 11.2 Å². The molecule has 0 radical (unpaired) electrons. The molecule has 1 rings (SSSR count). The molecule has 0 bridgehead atoms. The van der Waals surface area contributed by atoms with Crippen LogP contribution in [0.15, 0.2) is 18.2 Å². The Morgan fingerprint density at radius 3 is 2.53 bits per heavy atom. The van der Waals surface area contributed by atoms with E-state index in [9.17, 15) is 18.0 Å². The average Bonchev–Trinajstić information content (AvgIpc) is 2.10. The second kappa shape index (κ2) is 3.80. The molecule has 0 spiro atoms. The van der Waals surface area contributed by atoms with Crippen molar-refractivity contribution in [2.75, 3.05) is 0 Å². The van der Waals surface area contributed by atoms with Crippen molar-refractivity contribution in [3.63, 3.8) is 0 Å². The molecule has 0 aliphatic carbocycles. The number of hydrogen-bond acceptors (Lipinski definition) is 2. The Kier molecular flexibility index (Phi) is 2.88. The van der Waals surface area contributed by atoms with Gasteiger partial charge in [0.1, 0.15) is 11.6 Å². The van der Waals surface area contributed by atoms with Gasteiger partial charge in [-0.05, 0) is 18.2 Å². The van der Waals surface area contributed by atoms with Crippen LogP contribution < -0.4 is 0 Å². The van der Waals surface area contributed by atoms with Crippen molar-refractivity contribution in [2.45, 2.75) is 12.3 Å². The quantitative estimate of drug-likeness (QED) is 0.816. The molecular weight excluding hydrogens is 213 g/mol. The molecule has 0 unspecified atom stereocenters. The molecule has 6 heteroatoms. The van der Waals surface area contributed by atoms with Gasteiger partial charge in [-0.2, -0.15) is 8.78 Å². The summed E-state index contributed by atoms with van der Waals surface area (Å²) in [7, 11) is 0. The first-order chi connectivity index (χ1) is 6.83. The highest BCUT2D eigenvalue weighted by molar-refractivity contribution is 5.75.